The minimum absolute atomic E-state index is 0.192. The van der Waals surface area contributed by atoms with Gasteiger partial charge < -0.3 is 9.88 Å². The largest absolute Gasteiger partial charge is 0.337 e. The second kappa shape index (κ2) is 6.82. The summed E-state index contributed by atoms with van der Waals surface area (Å²) in [5.74, 6) is -0.220. The predicted molar refractivity (Wildman–Crippen MR) is 77.4 cm³/mol. The Balaban J connectivity index is 1.79. The first-order chi connectivity index (χ1) is 9.16. The molecule has 0 aliphatic carbocycles. The highest BCUT2D eigenvalue weighted by molar-refractivity contribution is 9.10. The van der Waals surface area contributed by atoms with Crippen LogP contribution in [-0.2, 0) is 6.54 Å². The average Bonchev–Trinajstić information content (AvgIpc) is 2.87. The van der Waals surface area contributed by atoms with Crippen LogP contribution in [0, 0.1) is 5.82 Å². The highest BCUT2D eigenvalue weighted by Crippen LogP contribution is 2.24. The molecule has 5 heteroatoms. The molecule has 0 spiro atoms. The number of nitrogens with one attached hydrogen (secondary N) is 1. The molecule has 1 unspecified atom stereocenters. The Bertz CT molecular complexity index is 513. The Morgan fingerprint density at radius 2 is 2.32 bits per heavy atom. The van der Waals surface area contributed by atoms with Crippen LogP contribution in [0.15, 0.2) is 41.4 Å². The molecule has 0 aliphatic heterocycles. The molecular formula is C14H17BrFN3. The van der Waals surface area contributed by atoms with Crippen molar-refractivity contribution < 1.29 is 4.39 Å². The van der Waals surface area contributed by atoms with Crippen LogP contribution >= 0.6 is 15.9 Å². The molecule has 1 N–H and O–H groups in total. The maximum absolute atomic E-state index is 13.0. The Morgan fingerprint density at radius 1 is 1.47 bits per heavy atom. The Kier molecular flexibility index (Phi) is 5.10. The molecule has 0 aliphatic rings. The van der Waals surface area contributed by atoms with Crippen molar-refractivity contribution in [2.75, 3.05) is 6.54 Å². The van der Waals surface area contributed by atoms with E-state index >= 15 is 0 Å². The number of nitrogens with zero attached hydrogens (tertiary/aromatic N) is 2. The SMILES string of the molecule is CC(NCCCn1ccnc1)c1ccc(F)cc1Br. The number of aryl methyl sites for hydroxylation is 1. The lowest BCUT2D eigenvalue weighted by molar-refractivity contribution is 0.524. The van der Waals surface area contributed by atoms with Crippen molar-refractivity contribution >= 4 is 15.9 Å². The monoisotopic (exact) mass is 325 g/mol. The summed E-state index contributed by atoms with van der Waals surface area (Å²) in [6.07, 6.45) is 6.59. The minimum atomic E-state index is -0.220. The summed E-state index contributed by atoms with van der Waals surface area (Å²) in [5, 5.41) is 3.44. The van der Waals surface area contributed by atoms with Gasteiger partial charge in [-0.3, -0.25) is 0 Å². The van der Waals surface area contributed by atoms with Gasteiger partial charge in [-0.25, -0.2) is 9.37 Å². The quantitative estimate of drug-likeness (QED) is 0.823. The van der Waals surface area contributed by atoms with E-state index in [4.69, 9.17) is 0 Å². The van der Waals surface area contributed by atoms with Gasteiger partial charge in [-0.2, -0.15) is 0 Å². The van der Waals surface area contributed by atoms with Gasteiger partial charge in [-0.1, -0.05) is 22.0 Å². The zero-order chi connectivity index (χ0) is 13.7. The third-order valence-electron chi connectivity index (χ3n) is 3.03. The fourth-order valence-electron chi connectivity index (χ4n) is 1.96. The van der Waals surface area contributed by atoms with Crippen LogP contribution in [0.1, 0.15) is 24.9 Å². The van der Waals surface area contributed by atoms with Crippen molar-refractivity contribution in [3.8, 4) is 0 Å². The first-order valence-corrected chi connectivity index (χ1v) is 7.10. The topological polar surface area (TPSA) is 29.9 Å². The molecule has 19 heavy (non-hydrogen) atoms. The van der Waals surface area contributed by atoms with Crippen molar-refractivity contribution in [1.82, 2.24) is 14.9 Å². The van der Waals surface area contributed by atoms with Gasteiger partial charge >= 0.3 is 0 Å². The van der Waals surface area contributed by atoms with Crippen LogP contribution in [0.4, 0.5) is 4.39 Å². The molecule has 0 saturated heterocycles. The molecule has 1 heterocycles. The molecule has 0 fully saturated rings. The molecule has 102 valence electrons. The van der Waals surface area contributed by atoms with E-state index in [-0.39, 0.29) is 11.9 Å². The van der Waals surface area contributed by atoms with Gasteiger partial charge in [0.05, 0.1) is 6.33 Å². The molecule has 3 nitrogen and oxygen atoms in total. The van der Waals surface area contributed by atoms with Crippen LogP contribution in [0.25, 0.3) is 0 Å². The van der Waals surface area contributed by atoms with E-state index in [0.717, 1.165) is 29.5 Å². The van der Waals surface area contributed by atoms with Gasteiger partial charge in [0.25, 0.3) is 0 Å². The Morgan fingerprint density at radius 3 is 3.00 bits per heavy atom. The molecule has 1 aromatic carbocycles. The van der Waals surface area contributed by atoms with Gasteiger partial charge in [-0.05, 0) is 37.6 Å². The maximum Gasteiger partial charge on any atom is 0.124 e. The third kappa shape index (κ3) is 4.14. The van der Waals surface area contributed by atoms with Crippen molar-refractivity contribution in [2.45, 2.75) is 25.9 Å². The summed E-state index contributed by atoms with van der Waals surface area (Å²) in [6.45, 7) is 3.93. The smallest absolute Gasteiger partial charge is 0.124 e. The van der Waals surface area contributed by atoms with E-state index in [1.807, 2.05) is 18.6 Å². The molecule has 1 aromatic heterocycles. The fraction of sp³-hybridized carbons (Fsp3) is 0.357. The van der Waals surface area contributed by atoms with E-state index in [1.54, 1.807) is 6.20 Å². The van der Waals surface area contributed by atoms with Crippen molar-refractivity contribution in [3.63, 3.8) is 0 Å². The molecule has 2 aromatic rings. The molecule has 0 saturated carbocycles. The third-order valence-corrected chi connectivity index (χ3v) is 3.72. The number of imidazole rings is 1. The molecule has 0 bridgehead atoms. The highest BCUT2D eigenvalue weighted by Gasteiger charge is 2.09. The number of hydrogen-bond acceptors (Lipinski definition) is 2. The van der Waals surface area contributed by atoms with Crippen LogP contribution in [0.2, 0.25) is 0 Å². The highest BCUT2D eigenvalue weighted by atomic mass is 79.9. The van der Waals surface area contributed by atoms with E-state index in [2.05, 4.69) is 37.7 Å². The normalized spacial score (nSPS) is 12.6. The van der Waals surface area contributed by atoms with Crippen molar-refractivity contribution in [2.24, 2.45) is 0 Å². The molecule has 0 radical (unpaired) electrons. The summed E-state index contributed by atoms with van der Waals surface area (Å²) in [7, 11) is 0. The second-order valence-corrected chi connectivity index (χ2v) is 5.35. The second-order valence-electron chi connectivity index (χ2n) is 4.50. The van der Waals surface area contributed by atoms with Gasteiger partial charge in [0.15, 0.2) is 0 Å². The van der Waals surface area contributed by atoms with E-state index < -0.39 is 0 Å². The van der Waals surface area contributed by atoms with Crippen LogP contribution in [0.5, 0.6) is 0 Å². The number of benzene rings is 1. The van der Waals surface area contributed by atoms with E-state index in [9.17, 15) is 4.39 Å². The molecule has 1 atom stereocenters. The van der Waals surface area contributed by atoms with Gasteiger partial charge in [-0.15, -0.1) is 0 Å². The van der Waals surface area contributed by atoms with Gasteiger partial charge in [0.1, 0.15) is 5.82 Å². The Hall–Kier alpha value is -1.20. The summed E-state index contributed by atoms with van der Waals surface area (Å²) < 4.78 is 15.9. The number of rotatable bonds is 6. The first-order valence-electron chi connectivity index (χ1n) is 6.31. The number of halogens is 2. The van der Waals surface area contributed by atoms with Gasteiger partial charge in [0.2, 0.25) is 0 Å². The lowest BCUT2D eigenvalue weighted by Gasteiger charge is -2.16. The average molecular weight is 326 g/mol. The van der Waals surface area contributed by atoms with Crippen molar-refractivity contribution in [1.29, 1.82) is 0 Å². The van der Waals surface area contributed by atoms with E-state index in [1.165, 1.54) is 12.1 Å². The molecular weight excluding hydrogens is 309 g/mol. The molecule has 0 amide bonds. The number of aromatic nitrogens is 2. The van der Waals surface area contributed by atoms with Crippen LogP contribution in [0.3, 0.4) is 0 Å². The minimum Gasteiger partial charge on any atom is -0.337 e. The van der Waals surface area contributed by atoms with Crippen LogP contribution < -0.4 is 5.32 Å². The van der Waals surface area contributed by atoms with Crippen molar-refractivity contribution in [3.05, 3.63) is 52.8 Å². The molecule has 2 rings (SSSR count). The zero-order valence-corrected chi connectivity index (χ0v) is 12.4. The zero-order valence-electron chi connectivity index (χ0n) is 10.8. The summed E-state index contributed by atoms with van der Waals surface area (Å²) >= 11 is 3.40. The predicted octanol–water partition coefficient (Wildman–Crippen LogP) is 3.53. The first kappa shape index (κ1) is 14.2. The maximum atomic E-state index is 13.0. The number of hydrogen-bond donors (Lipinski definition) is 1. The summed E-state index contributed by atoms with van der Waals surface area (Å²) in [5.41, 5.74) is 1.07. The standard InChI is InChI=1S/C14H17BrFN3/c1-11(13-4-3-12(16)9-14(13)15)18-5-2-7-19-8-6-17-10-19/h3-4,6,8-11,18H,2,5,7H2,1H3. The fourth-order valence-corrected chi connectivity index (χ4v) is 2.66. The summed E-state index contributed by atoms with van der Waals surface area (Å²) in [6, 6.07) is 4.99. The van der Waals surface area contributed by atoms with Crippen LogP contribution in [-0.4, -0.2) is 16.1 Å². The lowest BCUT2D eigenvalue weighted by Crippen LogP contribution is -2.21. The van der Waals surface area contributed by atoms with E-state index in [0.29, 0.717) is 0 Å². The Labute approximate surface area is 121 Å². The van der Waals surface area contributed by atoms with Gasteiger partial charge in [0, 0.05) is 29.5 Å². The summed E-state index contributed by atoms with van der Waals surface area (Å²) in [4.78, 5) is 4.00. The lowest BCUT2D eigenvalue weighted by atomic mass is 10.1.